The Morgan fingerprint density at radius 3 is 2.55 bits per heavy atom. The zero-order valence-electron chi connectivity index (χ0n) is 24.4. The molecule has 1 aromatic heterocycles. The van der Waals surface area contributed by atoms with Crippen molar-refractivity contribution in [3.63, 3.8) is 0 Å². The van der Waals surface area contributed by atoms with Gasteiger partial charge in [-0.2, -0.15) is 0 Å². The average Bonchev–Trinajstić information content (AvgIpc) is 3.33. The Labute approximate surface area is 237 Å². The van der Waals surface area contributed by atoms with Gasteiger partial charge in [0.1, 0.15) is 12.4 Å². The third-order valence-corrected chi connectivity index (χ3v) is 6.50. The largest absolute Gasteiger partial charge is 0.495 e. The van der Waals surface area contributed by atoms with Crippen LogP contribution in [0.2, 0.25) is 0 Å². The number of nitrogens with zero attached hydrogens (tertiary/aromatic N) is 5. The zero-order chi connectivity index (χ0) is 29.2. The Morgan fingerprint density at radius 2 is 1.90 bits per heavy atom. The highest BCUT2D eigenvalue weighted by Gasteiger charge is 2.16. The van der Waals surface area contributed by atoms with Crippen LogP contribution in [0.4, 0.5) is 17.1 Å². The maximum Gasteiger partial charge on any atom is 0.247 e. The summed E-state index contributed by atoms with van der Waals surface area (Å²) >= 11 is 0. The molecule has 0 atom stereocenters. The fourth-order valence-corrected chi connectivity index (χ4v) is 4.32. The molecule has 0 spiro atoms. The van der Waals surface area contributed by atoms with E-state index in [-0.39, 0.29) is 12.6 Å². The Bertz CT molecular complexity index is 1400. The summed E-state index contributed by atoms with van der Waals surface area (Å²) in [5.74, 6) is 0.355. The second kappa shape index (κ2) is 14.1. The maximum absolute atomic E-state index is 12.2. The van der Waals surface area contributed by atoms with Gasteiger partial charge in [0.15, 0.2) is 0 Å². The summed E-state index contributed by atoms with van der Waals surface area (Å²) in [5.41, 5.74) is 5.11. The van der Waals surface area contributed by atoms with Gasteiger partial charge in [-0.1, -0.05) is 24.8 Å². The van der Waals surface area contributed by atoms with Crippen molar-refractivity contribution < 1.29 is 9.53 Å². The van der Waals surface area contributed by atoms with Gasteiger partial charge in [-0.3, -0.25) is 14.8 Å². The third-order valence-electron chi connectivity index (χ3n) is 6.50. The van der Waals surface area contributed by atoms with Gasteiger partial charge in [0.05, 0.1) is 29.9 Å². The molecule has 9 heteroatoms. The van der Waals surface area contributed by atoms with E-state index in [1.165, 1.54) is 6.08 Å². The minimum absolute atomic E-state index is 0.287. The Hall–Kier alpha value is -4.37. The predicted molar refractivity (Wildman–Crippen MR) is 170 cm³/mol. The van der Waals surface area contributed by atoms with Crippen LogP contribution < -0.4 is 20.3 Å². The van der Waals surface area contributed by atoms with E-state index >= 15 is 0 Å². The van der Waals surface area contributed by atoms with E-state index in [1.807, 2.05) is 51.5 Å². The summed E-state index contributed by atoms with van der Waals surface area (Å²) in [4.78, 5) is 25.1. The zero-order valence-corrected chi connectivity index (χ0v) is 24.4. The number of hydrogen-bond acceptors (Lipinski definition) is 7. The van der Waals surface area contributed by atoms with Gasteiger partial charge in [-0.05, 0) is 58.9 Å². The molecule has 3 aromatic rings. The van der Waals surface area contributed by atoms with Crippen LogP contribution in [0.25, 0.3) is 16.6 Å². The van der Waals surface area contributed by atoms with E-state index < -0.39 is 0 Å². The number of amides is 1. The Balaban J connectivity index is 1.82. The van der Waals surface area contributed by atoms with Gasteiger partial charge in [0.2, 0.25) is 5.91 Å². The van der Waals surface area contributed by atoms with E-state index in [9.17, 15) is 4.79 Å². The lowest BCUT2D eigenvalue weighted by Gasteiger charge is -2.26. The number of rotatable bonds is 14. The molecular weight excluding hydrogens is 502 g/mol. The second-order valence-corrected chi connectivity index (χ2v) is 9.93. The van der Waals surface area contributed by atoms with Gasteiger partial charge < -0.3 is 29.7 Å². The van der Waals surface area contributed by atoms with E-state index in [2.05, 4.69) is 80.5 Å². The summed E-state index contributed by atoms with van der Waals surface area (Å²) in [6.07, 6.45) is 6.94. The number of benzene rings is 2. The smallest absolute Gasteiger partial charge is 0.247 e. The molecule has 1 amide bonds. The lowest BCUT2D eigenvalue weighted by Crippen LogP contribution is -2.29. The van der Waals surface area contributed by atoms with Crippen molar-refractivity contribution in [2.75, 3.05) is 63.5 Å². The van der Waals surface area contributed by atoms with E-state index in [0.29, 0.717) is 23.2 Å². The molecule has 0 fully saturated rings. The van der Waals surface area contributed by atoms with Gasteiger partial charge in [-0.15, -0.1) is 0 Å². The molecule has 212 valence electrons. The summed E-state index contributed by atoms with van der Waals surface area (Å²) in [6, 6.07) is 12.4. The van der Waals surface area contributed by atoms with Crippen LogP contribution in [0.3, 0.4) is 0 Å². The van der Waals surface area contributed by atoms with Crippen LogP contribution in [0.5, 0.6) is 5.75 Å². The molecule has 0 unspecified atom stereocenters. The van der Waals surface area contributed by atoms with Crippen LogP contribution >= 0.6 is 0 Å². The number of carbonyl (C=O) groups excluding carboxylic acids is 1. The first kappa shape index (κ1) is 30.2. The summed E-state index contributed by atoms with van der Waals surface area (Å²) in [5, 5.41) is 7.32. The minimum atomic E-state index is -0.287. The molecule has 0 saturated heterocycles. The van der Waals surface area contributed by atoms with Crippen molar-refractivity contribution in [2.45, 2.75) is 19.9 Å². The summed E-state index contributed by atoms with van der Waals surface area (Å²) < 4.78 is 7.89. The number of aromatic nitrogens is 1. The van der Waals surface area contributed by atoms with Crippen molar-refractivity contribution in [2.24, 2.45) is 9.98 Å². The number of carbonyl (C=O) groups is 1. The number of allylic oxidation sites excluding steroid dienone is 1. The van der Waals surface area contributed by atoms with Crippen LogP contribution in [-0.2, 0) is 4.79 Å². The van der Waals surface area contributed by atoms with Crippen molar-refractivity contribution in [3.05, 3.63) is 66.9 Å². The number of methoxy groups -OCH3 is 1. The number of aliphatic imine (C=N–C) groups is 2. The molecule has 40 heavy (non-hydrogen) atoms. The molecule has 3 rings (SSSR count). The van der Waals surface area contributed by atoms with Crippen molar-refractivity contribution in [1.29, 1.82) is 0 Å². The molecule has 0 aliphatic carbocycles. The number of nitrogens with one attached hydrogen (secondary N) is 2. The van der Waals surface area contributed by atoms with E-state index in [4.69, 9.17) is 4.74 Å². The highest BCUT2D eigenvalue weighted by atomic mass is 16.5. The van der Waals surface area contributed by atoms with Crippen molar-refractivity contribution in [1.82, 2.24) is 9.47 Å². The van der Waals surface area contributed by atoms with Gasteiger partial charge in [0.25, 0.3) is 0 Å². The summed E-state index contributed by atoms with van der Waals surface area (Å²) in [7, 11) is 7.65. The first-order valence-corrected chi connectivity index (χ1v) is 13.2. The predicted octanol–water partition coefficient (Wildman–Crippen LogP) is 5.54. The van der Waals surface area contributed by atoms with Crippen LogP contribution in [0.1, 0.15) is 25.5 Å². The molecule has 2 aromatic carbocycles. The Kier molecular flexibility index (Phi) is 10.7. The summed E-state index contributed by atoms with van der Waals surface area (Å²) in [6.45, 7) is 13.6. The minimum Gasteiger partial charge on any atom is -0.495 e. The highest BCUT2D eigenvalue weighted by molar-refractivity contribution is 6.02. The molecule has 0 radical (unpaired) electrons. The van der Waals surface area contributed by atoms with E-state index in [1.54, 1.807) is 13.3 Å². The molecule has 0 aliphatic rings. The molecule has 0 bridgehead atoms. The number of fused-ring (bicyclic) bond motifs is 1. The molecular formula is C31H41N7O2. The van der Waals surface area contributed by atoms with Crippen molar-refractivity contribution >= 4 is 52.5 Å². The lowest BCUT2D eigenvalue weighted by atomic mass is 10.1. The van der Waals surface area contributed by atoms with Crippen LogP contribution in [0, 0.1) is 0 Å². The molecule has 0 saturated carbocycles. The standard InChI is InChI=1S/C31H41N7O2/c1-9-31(39)35-26-18-27(30(40-8)19-29(26)37(7)17-16-36(5)6)34-21-33-15-14-25(32-4)24-20-38(22(2)3)28-13-11-10-12-23(24)28/h9-15,18-20,22,34H,1,4,16-17,21H2,2-3,5-8H3,(H,35,39)/b25-14-,33-15-. The molecule has 0 aliphatic heterocycles. The third kappa shape index (κ3) is 7.39. The number of ether oxygens (including phenoxy) is 1. The second-order valence-electron chi connectivity index (χ2n) is 9.93. The monoisotopic (exact) mass is 543 g/mol. The number of anilines is 3. The van der Waals surface area contributed by atoms with Crippen LogP contribution in [-0.4, -0.2) is 76.3 Å². The maximum atomic E-state index is 12.2. The number of para-hydroxylation sites is 1. The van der Waals surface area contributed by atoms with Gasteiger partial charge >= 0.3 is 0 Å². The average molecular weight is 544 g/mol. The quantitative estimate of drug-likeness (QED) is 0.206. The number of hydrogen-bond donors (Lipinski definition) is 2. The Morgan fingerprint density at radius 1 is 1.15 bits per heavy atom. The lowest BCUT2D eigenvalue weighted by molar-refractivity contribution is -0.111. The van der Waals surface area contributed by atoms with Crippen LogP contribution in [0.15, 0.2) is 71.3 Å². The first-order valence-electron chi connectivity index (χ1n) is 13.2. The van der Waals surface area contributed by atoms with Gasteiger partial charge in [-0.25, -0.2) is 0 Å². The normalized spacial score (nSPS) is 11.8. The number of likely N-dealkylation sites (N-methyl/N-ethyl adjacent to an activating group) is 2. The fourth-order valence-electron chi connectivity index (χ4n) is 4.32. The molecule has 2 N–H and O–H groups in total. The SMILES string of the molecule is C=CC(=O)Nc1cc(NC/N=C\C=C(/N=C)c2cn(C(C)C)c3ccccc23)c(OC)cc1N(C)CCN(C)C. The highest BCUT2D eigenvalue weighted by Crippen LogP contribution is 2.37. The molecule has 9 nitrogen and oxygen atoms in total. The molecule has 1 heterocycles. The van der Waals surface area contributed by atoms with Crippen molar-refractivity contribution in [3.8, 4) is 5.75 Å². The fraction of sp³-hybridized carbons (Fsp3) is 0.323. The first-order chi connectivity index (χ1) is 19.2. The topological polar surface area (TPSA) is 86.5 Å². The van der Waals surface area contributed by atoms with Gasteiger partial charge in [0, 0.05) is 61.1 Å². The van der Waals surface area contributed by atoms with E-state index in [0.717, 1.165) is 40.9 Å².